The summed E-state index contributed by atoms with van der Waals surface area (Å²) in [6.45, 7) is 7.31. The summed E-state index contributed by atoms with van der Waals surface area (Å²) in [4.78, 5) is 25.7. The van der Waals surface area contributed by atoms with Gasteiger partial charge in [-0.2, -0.15) is 0 Å². The molecule has 0 saturated carbocycles. The number of ether oxygens (including phenoxy) is 2. The Morgan fingerprint density at radius 2 is 2.00 bits per heavy atom. The van der Waals surface area contributed by atoms with Crippen LogP contribution < -0.4 is 5.32 Å². The quantitative estimate of drug-likeness (QED) is 0.845. The maximum absolute atomic E-state index is 12.4. The second kappa shape index (κ2) is 7.74. The largest absolute Gasteiger partial charge is 0.462 e. The molecule has 1 N–H and O–H groups in total. The van der Waals surface area contributed by atoms with Crippen molar-refractivity contribution in [3.05, 3.63) is 16.0 Å². The molecule has 1 aliphatic rings. The van der Waals surface area contributed by atoms with Crippen molar-refractivity contribution in [2.45, 2.75) is 40.0 Å². The first-order valence-electron chi connectivity index (χ1n) is 7.76. The van der Waals surface area contributed by atoms with Crippen LogP contribution in [0, 0.1) is 12.8 Å². The Morgan fingerprint density at radius 3 is 2.59 bits per heavy atom. The van der Waals surface area contributed by atoms with Gasteiger partial charge < -0.3 is 14.8 Å². The number of rotatable bonds is 5. The van der Waals surface area contributed by atoms with E-state index in [0.29, 0.717) is 30.4 Å². The van der Waals surface area contributed by atoms with E-state index in [2.05, 4.69) is 5.32 Å². The van der Waals surface area contributed by atoms with Gasteiger partial charge in [-0.25, -0.2) is 4.79 Å². The first-order chi connectivity index (χ1) is 10.6. The topological polar surface area (TPSA) is 64.6 Å². The van der Waals surface area contributed by atoms with E-state index in [4.69, 9.17) is 9.47 Å². The molecule has 1 fully saturated rings. The van der Waals surface area contributed by atoms with Gasteiger partial charge in [0.1, 0.15) is 5.00 Å². The number of aryl methyl sites for hydroxylation is 1. The summed E-state index contributed by atoms with van der Waals surface area (Å²) in [5.41, 5.74) is 1.48. The molecule has 2 heterocycles. The Labute approximate surface area is 135 Å². The second-order valence-electron chi connectivity index (χ2n) is 5.29. The maximum Gasteiger partial charge on any atom is 0.341 e. The van der Waals surface area contributed by atoms with Crippen LogP contribution in [0.1, 0.15) is 47.5 Å². The molecule has 122 valence electrons. The summed E-state index contributed by atoms with van der Waals surface area (Å²) in [7, 11) is 0. The lowest BCUT2D eigenvalue weighted by Crippen LogP contribution is -2.28. The van der Waals surface area contributed by atoms with Crippen LogP contribution in [0.25, 0.3) is 0 Å². The van der Waals surface area contributed by atoms with E-state index in [1.54, 1.807) is 6.92 Å². The van der Waals surface area contributed by atoms with Gasteiger partial charge in [0.25, 0.3) is 0 Å². The first-order valence-corrected chi connectivity index (χ1v) is 8.58. The Balaban J connectivity index is 2.22. The number of hydrogen-bond donors (Lipinski definition) is 1. The molecule has 2 rings (SSSR count). The van der Waals surface area contributed by atoms with Gasteiger partial charge in [-0.3, -0.25) is 4.79 Å². The molecule has 0 unspecified atom stereocenters. The van der Waals surface area contributed by atoms with Crippen LogP contribution in [-0.4, -0.2) is 31.7 Å². The molecule has 0 aromatic carbocycles. The highest BCUT2D eigenvalue weighted by Gasteiger charge is 2.27. The van der Waals surface area contributed by atoms with E-state index in [0.717, 1.165) is 29.7 Å². The molecule has 6 heteroatoms. The van der Waals surface area contributed by atoms with Gasteiger partial charge in [0.05, 0.1) is 12.2 Å². The summed E-state index contributed by atoms with van der Waals surface area (Å²) >= 11 is 1.45. The zero-order valence-electron chi connectivity index (χ0n) is 13.4. The van der Waals surface area contributed by atoms with Gasteiger partial charge in [-0.1, -0.05) is 6.92 Å². The van der Waals surface area contributed by atoms with Crippen LogP contribution in [0.15, 0.2) is 0 Å². The van der Waals surface area contributed by atoms with Crippen LogP contribution in [0.5, 0.6) is 0 Å². The minimum atomic E-state index is -0.356. The number of amides is 1. The standard InChI is InChI=1S/C16H23NO4S/c1-4-12-10(3)22-15(13(12)16(19)21-5-2)17-14(18)11-6-8-20-9-7-11/h11H,4-9H2,1-3H3,(H,17,18). The molecule has 22 heavy (non-hydrogen) atoms. The Morgan fingerprint density at radius 1 is 1.32 bits per heavy atom. The fourth-order valence-corrected chi connectivity index (χ4v) is 3.82. The van der Waals surface area contributed by atoms with Gasteiger partial charge in [-0.05, 0) is 38.7 Å². The Hall–Kier alpha value is -1.40. The summed E-state index contributed by atoms with van der Waals surface area (Å²) in [6, 6.07) is 0. The maximum atomic E-state index is 12.4. The van der Waals surface area contributed by atoms with Gasteiger partial charge in [0.15, 0.2) is 0 Å². The van der Waals surface area contributed by atoms with Crippen LogP contribution in [0.4, 0.5) is 5.00 Å². The molecule has 1 aromatic heterocycles. The number of thiophene rings is 1. The number of carbonyl (C=O) groups is 2. The third kappa shape index (κ3) is 3.67. The lowest BCUT2D eigenvalue weighted by Gasteiger charge is -2.21. The monoisotopic (exact) mass is 325 g/mol. The molecule has 1 saturated heterocycles. The zero-order valence-corrected chi connectivity index (χ0v) is 14.2. The molecular weight excluding hydrogens is 302 g/mol. The molecule has 0 bridgehead atoms. The fraction of sp³-hybridized carbons (Fsp3) is 0.625. The fourth-order valence-electron chi connectivity index (χ4n) is 2.69. The number of esters is 1. The van der Waals surface area contributed by atoms with Crippen LogP contribution in [0.3, 0.4) is 0 Å². The van der Waals surface area contributed by atoms with Crippen LogP contribution in [-0.2, 0) is 20.7 Å². The van der Waals surface area contributed by atoms with Gasteiger partial charge >= 0.3 is 5.97 Å². The van der Waals surface area contributed by atoms with E-state index in [9.17, 15) is 9.59 Å². The first kappa shape index (κ1) is 17.0. The van der Waals surface area contributed by atoms with Crippen molar-refractivity contribution in [3.63, 3.8) is 0 Å². The molecule has 1 amide bonds. The minimum Gasteiger partial charge on any atom is -0.462 e. The summed E-state index contributed by atoms with van der Waals surface area (Å²) in [5.74, 6) is -0.431. The average molecular weight is 325 g/mol. The van der Waals surface area contributed by atoms with Crippen molar-refractivity contribution in [3.8, 4) is 0 Å². The SMILES string of the molecule is CCOC(=O)c1c(NC(=O)C2CCOCC2)sc(C)c1CC. The van der Waals surface area contributed by atoms with E-state index in [1.165, 1.54) is 11.3 Å². The minimum absolute atomic E-state index is 0.0299. The van der Waals surface area contributed by atoms with Crippen molar-refractivity contribution in [2.24, 2.45) is 5.92 Å². The molecular formula is C16H23NO4S. The third-order valence-corrected chi connectivity index (χ3v) is 4.93. The van der Waals surface area contributed by atoms with Crippen molar-refractivity contribution < 1.29 is 19.1 Å². The van der Waals surface area contributed by atoms with Gasteiger partial charge in [0, 0.05) is 24.0 Å². The lowest BCUT2D eigenvalue weighted by molar-refractivity contribution is -0.122. The molecule has 0 spiro atoms. The molecule has 1 aromatic rings. The van der Waals surface area contributed by atoms with Crippen molar-refractivity contribution in [2.75, 3.05) is 25.1 Å². The highest BCUT2D eigenvalue weighted by atomic mass is 32.1. The second-order valence-corrected chi connectivity index (χ2v) is 6.52. The number of carbonyl (C=O) groups excluding carboxylic acids is 2. The zero-order chi connectivity index (χ0) is 16.1. The van der Waals surface area contributed by atoms with Crippen LogP contribution in [0.2, 0.25) is 0 Å². The van der Waals surface area contributed by atoms with Crippen molar-refractivity contribution in [1.82, 2.24) is 0 Å². The molecule has 5 nitrogen and oxygen atoms in total. The Kier molecular flexibility index (Phi) is 5.97. The smallest absolute Gasteiger partial charge is 0.341 e. The Bertz CT molecular complexity index is 547. The number of nitrogens with one attached hydrogen (secondary N) is 1. The van der Waals surface area contributed by atoms with Gasteiger partial charge in [-0.15, -0.1) is 11.3 Å². The summed E-state index contributed by atoms with van der Waals surface area (Å²) in [5, 5.41) is 3.55. The molecule has 0 atom stereocenters. The van der Waals surface area contributed by atoms with Gasteiger partial charge in [0.2, 0.25) is 5.91 Å². The van der Waals surface area contributed by atoms with Crippen molar-refractivity contribution in [1.29, 1.82) is 0 Å². The average Bonchev–Trinajstić information content (AvgIpc) is 2.83. The van der Waals surface area contributed by atoms with E-state index in [1.807, 2.05) is 13.8 Å². The highest BCUT2D eigenvalue weighted by molar-refractivity contribution is 7.16. The number of anilines is 1. The summed E-state index contributed by atoms with van der Waals surface area (Å²) < 4.78 is 10.4. The van der Waals surface area contributed by atoms with E-state index in [-0.39, 0.29) is 17.8 Å². The molecule has 0 aliphatic carbocycles. The van der Waals surface area contributed by atoms with Crippen LogP contribution >= 0.6 is 11.3 Å². The number of hydrogen-bond acceptors (Lipinski definition) is 5. The molecule has 0 radical (unpaired) electrons. The van der Waals surface area contributed by atoms with E-state index >= 15 is 0 Å². The predicted octanol–water partition coefficient (Wildman–Crippen LogP) is 3.16. The lowest BCUT2D eigenvalue weighted by atomic mass is 9.99. The van der Waals surface area contributed by atoms with Crippen molar-refractivity contribution >= 4 is 28.2 Å². The predicted molar refractivity (Wildman–Crippen MR) is 86.6 cm³/mol. The van der Waals surface area contributed by atoms with E-state index < -0.39 is 0 Å². The third-order valence-electron chi connectivity index (χ3n) is 3.87. The molecule has 1 aliphatic heterocycles. The highest BCUT2D eigenvalue weighted by Crippen LogP contribution is 2.34. The summed E-state index contributed by atoms with van der Waals surface area (Å²) in [6.07, 6.45) is 2.20. The normalized spacial score (nSPS) is 15.6.